The van der Waals surface area contributed by atoms with E-state index in [1.165, 1.54) is 0 Å². The molecule has 6 heteroatoms. The summed E-state index contributed by atoms with van der Waals surface area (Å²) in [7, 11) is 0. The number of cyclic esters (lactones) is 1. The third-order valence-electron chi connectivity index (χ3n) is 3.11. The molecule has 0 N–H and O–H groups in total. The minimum Gasteiger partial charge on any atom is -0.488 e. The molecule has 0 bridgehead atoms. The minimum atomic E-state index is -0.991. The zero-order valence-corrected chi connectivity index (χ0v) is 12.9. The van der Waals surface area contributed by atoms with Gasteiger partial charge in [-0.25, -0.2) is 9.78 Å². The Labute approximate surface area is 132 Å². The summed E-state index contributed by atoms with van der Waals surface area (Å²) in [4.78, 5) is 16.2. The van der Waals surface area contributed by atoms with Crippen LogP contribution in [0.1, 0.15) is 29.8 Å². The number of nitrogens with zero attached hydrogens (tertiary/aromatic N) is 1. The Morgan fingerprint density at radius 2 is 2.05 bits per heavy atom. The molecule has 1 aliphatic heterocycles. The number of halogens is 1. The molecule has 0 aliphatic carbocycles. The van der Waals surface area contributed by atoms with E-state index in [9.17, 15) is 4.79 Å². The quantitative estimate of drug-likeness (QED) is 0.639. The van der Waals surface area contributed by atoms with Gasteiger partial charge >= 0.3 is 5.97 Å². The number of carbonyl (C=O) groups is 1. The minimum absolute atomic E-state index is 0.194. The highest BCUT2D eigenvalue weighted by atomic mass is 35.5. The molecule has 1 aromatic heterocycles. The molecule has 0 amide bonds. The summed E-state index contributed by atoms with van der Waals surface area (Å²) < 4.78 is 16.6. The van der Waals surface area contributed by atoms with Crippen LogP contribution < -0.4 is 9.47 Å². The predicted octanol–water partition coefficient (Wildman–Crippen LogP) is 3.60. The lowest BCUT2D eigenvalue weighted by Crippen LogP contribution is -2.39. The summed E-state index contributed by atoms with van der Waals surface area (Å²) in [6.45, 7) is 3.55. The molecule has 1 aliphatic rings. The van der Waals surface area contributed by atoms with Crippen LogP contribution in [0.5, 0.6) is 11.5 Å². The van der Waals surface area contributed by atoms with Crippen LogP contribution in [0.25, 0.3) is 0 Å². The normalized spacial score (nSPS) is 15.5. The smallest absolute Gasteiger partial charge is 0.349 e. The molecule has 2 aromatic rings. The Kier molecular flexibility index (Phi) is 3.66. The zero-order chi connectivity index (χ0) is 15.7. The van der Waals surface area contributed by atoms with Crippen LogP contribution in [-0.2, 0) is 11.3 Å². The molecular weight excluding hydrogens is 306 g/mol. The third-order valence-corrected chi connectivity index (χ3v) is 3.45. The van der Waals surface area contributed by atoms with Crippen LogP contribution in [0.4, 0.5) is 0 Å². The Morgan fingerprint density at radius 1 is 1.23 bits per heavy atom. The SMILES string of the molecule is CC1(C)OC(=O)c2c(OCc3cccnc3Cl)cccc2O1. The van der Waals surface area contributed by atoms with Gasteiger partial charge in [-0.3, -0.25) is 0 Å². The lowest BCUT2D eigenvalue weighted by Gasteiger charge is -2.32. The van der Waals surface area contributed by atoms with Gasteiger partial charge in [-0.05, 0) is 18.2 Å². The molecule has 0 fully saturated rings. The molecule has 3 rings (SSSR count). The molecule has 0 saturated heterocycles. The first-order chi connectivity index (χ1) is 10.5. The van der Waals surface area contributed by atoms with Crippen LogP contribution in [0, 0.1) is 0 Å². The van der Waals surface area contributed by atoms with E-state index in [4.69, 9.17) is 25.8 Å². The van der Waals surface area contributed by atoms with Gasteiger partial charge in [0, 0.05) is 25.6 Å². The molecule has 0 atom stereocenters. The van der Waals surface area contributed by atoms with Gasteiger partial charge in [0.05, 0.1) is 0 Å². The topological polar surface area (TPSA) is 57.7 Å². The monoisotopic (exact) mass is 319 g/mol. The maximum absolute atomic E-state index is 12.2. The van der Waals surface area contributed by atoms with Gasteiger partial charge in [-0.1, -0.05) is 23.7 Å². The first-order valence-electron chi connectivity index (χ1n) is 6.74. The summed E-state index contributed by atoms with van der Waals surface area (Å²) in [6.07, 6.45) is 1.60. The first kappa shape index (κ1) is 14.7. The van der Waals surface area contributed by atoms with Crippen LogP contribution in [-0.4, -0.2) is 16.7 Å². The van der Waals surface area contributed by atoms with E-state index in [1.807, 2.05) is 6.07 Å². The van der Waals surface area contributed by atoms with E-state index in [0.717, 1.165) is 5.56 Å². The van der Waals surface area contributed by atoms with Gasteiger partial charge < -0.3 is 14.2 Å². The fourth-order valence-corrected chi connectivity index (χ4v) is 2.33. The second-order valence-electron chi connectivity index (χ2n) is 5.26. The fraction of sp³-hybridized carbons (Fsp3) is 0.250. The zero-order valence-electron chi connectivity index (χ0n) is 12.1. The van der Waals surface area contributed by atoms with Gasteiger partial charge in [0.1, 0.15) is 28.8 Å². The fourth-order valence-electron chi connectivity index (χ4n) is 2.16. The number of benzene rings is 1. The summed E-state index contributed by atoms with van der Waals surface area (Å²) in [5.41, 5.74) is 1.01. The van der Waals surface area contributed by atoms with E-state index in [2.05, 4.69) is 4.98 Å². The van der Waals surface area contributed by atoms with E-state index < -0.39 is 11.8 Å². The van der Waals surface area contributed by atoms with E-state index in [1.54, 1.807) is 44.3 Å². The van der Waals surface area contributed by atoms with E-state index in [0.29, 0.717) is 16.7 Å². The maximum Gasteiger partial charge on any atom is 0.349 e. The standard InChI is InChI=1S/C16H14ClNO4/c1-16(2)21-12-7-3-6-11(13(12)15(19)22-16)20-9-10-5-4-8-18-14(10)17/h3-8H,9H2,1-2H3. The molecule has 0 unspecified atom stereocenters. The van der Waals surface area contributed by atoms with Gasteiger partial charge in [-0.15, -0.1) is 0 Å². The number of fused-ring (bicyclic) bond motifs is 1. The Morgan fingerprint density at radius 3 is 2.82 bits per heavy atom. The number of esters is 1. The molecule has 0 saturated carbocycles. The third kappa shape index (κ3) is 2.85. The van der Waals surface area contributed by atoms with Crippen molar-refractivity contribution in [2.45, 2.75) is 26.2 Å². The number of carbonyl (C=O) groups excluding carboxylic acids is 1. The number of hydrogen-bond donors (Lipinski definition) is 0. The molecule has 1 aromatic carbocycles. The molecule has 114 valence electrons. The van der Waals surface area contributed by atoms with Crippen molar-refractivity contribution < 1.29 is 19.0 Å². The number of rotatable bonds is 3. The predicted molar refractivity (Wildman–Crippen MR) is 80.1 cm³/mol. The molecule has 2 heterocycles. The van der Waals surface area contributed by atoms with Crippen molar-refractivity contribution >= 4 is 17.6 Å². The van der Waals surface area contributed by atoms with Gasteiger partial charge in [0.25, 0.3) is 0 Å². The second-order valence-corrected chi connectivity index (χ2v) is 5.62. The summed E-state index contributed by atoms with van der Waals surface area (Å²) in [6, 6.07) is 8.73. The lowest BCUT2D eigenvalue weighted by atomic mass is 10.1. The Bertz CT molecular complexity index is 730. The van der Waals surface area contributed by atoms with E-state index in [-0.39, 0.29) is 12.2 Å². The average Bonchev–Trinajstić information content (AvgIpc) is 2.44. The number of aromatic nitrogens is 1. The number of hydrogen-bond acceptors (Lipinski definition) is 5. The van der Waals surface area contributed by atoms with Crippen molar-refractivity contribution in [2.24, 2.45) is 0 Å². The summed E-state index contributed by atoms with van der Waals surface area (Å²) in [5, 5.41) is 0.368. The summed E-state index contributed by atoms with van der Waals surface area (Å²) >= 11 is 5.99. The number of pyridine rings is 1. The van der Waals surface area contributed by atoms with Crippen molar-refractivity contribution in [3.63, 3.8) is 0 Å². The van der Waals surface area contributed by atoms with Crippen LogP contribution in [0.15, 0.2) is 36.5 Å². The van der Waals surface area contributed by atoms with Gasteiger partial charge in [0.2, 0.25) is 5.79 Å². The molecule has 5 nitrogen and oxygen atoms in total. The van der Waals surface area contributed by atoms with Crippen molar-refractivity contribution in [2.75, 3.05) is 0 Å². The summed E-state index contributed by atoms with van der Waals surface area (Å²) in [5.74, 6) is -0.636. The number of ether oxygens (including phenoxy) is 3. The Balaban J connectivity index is 1.87. The lowest BCUT2D eigenvalue weighted by molar-refractivity contribution is -0.127. The van der Waals surface area contributed by atoms with Crippen molar-refractivity contribution in [1.82, 2.24) is 4.98 Å². The maximum atomic E-state index is 12.2. The molecular formula is C16H14ClNO4. The van der Waals surface area contributed by atoms with Crippen molar-refractivity contribution in [3.05, 3.63) is 52.8 Å². The molecule has 22 heavy (non-hydrogen) atoms. The average molecular weight is 320 g/mol. The highest BCUT2D eigenvalue weighted by molar-refractivity contribution is 6.30. The van der Waals surface area contributed by atoms with Crippen molar-refractivity contribution in [1.29, 1.82) is 0 Å². The molecule has 0 radical (unpaired) electrons. The van der Waals surface area contributed by atoms with E-state index >= 15 is 0 Å². The molecule has 0 spiro atoms. The second kappa shape index (κ2) is 5.50. The van der Waals surface area contributed by atoms with Gasteiger partial charge in [-0.2, -0.15) is 0 Å². The van der Waals surface area contributed by atoms with Crippen LogP contribution in [0.2, 0.25) is 5.15 Å². The largest absolute Gasteiger partial charge is 0.488 e. The highest BCUT2D eigenvalue weighted by Gasteiger charge is 2.36. The highest BCUT2D eigenvalue weighted by Crippen LogP contribution is 2.37. The van der Waals surface area contributed by atoms with Crippen LogP contribution >= 0.6 is 11.6 Å². The van der Waals surface area contributed by atoms with Gasteiger partial charge in [0.15, 0.2) is 0 Å². The van der Waals surface area contributed by atoms with Crippen molar-refractivity contribution in [3.8, 4) is 11.5 Å². The Hall–Kier alpha value is -2.27. The first-order valence-corrected chi connectivity index (χ1v) is 7.12. The van der Waals surface area contributed by atoms with Crippen LogP contribution in [0.3, 0.4) is 0 Å².